The van der Waals surface area contributed by atoms with Crippen LogP contribution in [-0.4, -0.2) is 13.2 Å². The number of para-hydroxylation sites is 1. The third-order valence-electron chi connectivity index (χ3n) is 2.35. The van der Waals surface area contributed by atoms with Gasteiger partial charge in [-0.2, -0.15) is 0 Å². The molecule has 3 N–H and O–H groups in total. The molecular formula is C11H18N2O2S. The van der Waals surface area contributed by atoms with Gasteiger partial charge in [-0.3, -0.25) is 4.72 Å². The summed E-state index contributed by atoms with van der Waals surface area (Å²) < 4.78 is 25.6. The second kappa shape index (κ2) is 3.97. The summed E-state index contributed by atoms with van der Waals surface area (Å²) in [4.78, 5) is 0. The Morgan fingerprint density at radius 1 is 1.25 bits per heavy atom. The molecule has 16 heavy (non-hydrogen) atoms. The molecule has 0 unspecified atom stereocenters. The zero-order valence-corrected chi connectivity index (χ0v) is 10.9. The summed E-state index contributed by atoms with van der Waals surface area (Å²) in [6.07, 6.45) is 0. The molecule has 0 heterocycles. The monoisotopic (exact) mass is 242 g/mol. The first kappa shape index (κ1) is 12.8. The van der Waals surface area contributed by atoms with Crippen LogP contribution in [-0.2, 0) is 10.0 Å². The van der Waals surface area contributed by atoms with Crippen molar-refractivity contribution in [3.63, 3.8) is 0 Å². The largest absolute Gasteiger partial charge is 0.397 e. The normalized spacial score (nSPS) is 12.5. The molecule has 0 aliphatic carbocycles. The first-order valence-electron chi connectivity index (χ1n) is 5.02. The van der Waals surface area contributed by atoms with E-state index < -0.39 is 14.8 Å². The molecule has 0 spiro atoms. The molecule has 1 aromatic carbocycles. The lowest BCUT2D eigenvalue weighted by Gasteiger charge is -2.22. The minimum absolute atomic E-state index is 0.438. The number of sulfonamides is 1. The molecule has 0 aliphatic rings. The Morgan fingerprint density at radius 3 is 2.25 bits per heavy atom. The van der Waals surface area contributed by atoms with Gasteiger partial charge in [0.15, 0.2) is 0 Å². The Hall–Kier alpha value is -1.23. The van der Waals surface area contributed by atoms with Crippen LogP contribution in [0.15, 0.2) is 18.2 Å². The van der Waals surface area contributed by atoms with E-state index >= 15 is 0 Å². The van der Waals surface area contributed by atoms with E-state index in [1.807, 2.05) is 13.0 Å². The maximum Gasteiger partial charge on any atom is 0.237 e. The number of nitrogens with one attached hydrogen (secondary N) is 1. The molecule has 0 amide bonds. The fraction of sp³-hybridized carbons (Fsp3) is 0.455. The number of aryl methyl sites for hydroxylation is 1. The lowest BCUT2D eigenvalue weighted by Crippen LogP contribution is -2.34. The summed E-state index contributed by atoms with van der Waals surface area (Å²) in [5.74, 6) is 0. The predicted molar refractivity (Wildman–Crippen MR) is 67.9 cm³/mol. The lowest BCUT2D eigenvalue weighted by atomic mass is 10.2. The Bertz CT molecular complexity index is 467. The van der Waals surface area contributed by atoms with Crippen molar-refractivity contribution in [3.05, 3.63) is 23.8 Å². The van der Waals surface area contributed by atoms with E-state index in [9.17, 15) is 8.42 Å². The highest BCUT2D eigenvalue weighted by atomic mass is 32.2. The summed E-state index contributed by atoms with van der Waals surface area (Å²) >= 11 is 0. The molecule has 5 heteroatoms. The van der Waals surface area contributed by atoms with Crippen LogP contribution in [0.25, 0.3) is 0 Å². The van der Waals surface area contributed by atoms with E-state index in [2.05, 4.69) is 4.72 Å². The SMILES string of the molecule is Cc1cccc(N)c1NS(=O)(=O)C(C)(C)C. The summed E-state index contributed by atoms with van der Waals surface area (Å²) in [7, 11) is -3.43. The Balaban J connectivity index is 3.17. The van der Waals surface area contributed by atoms with Crippen molar-refractivity contribution in [2.24, 2.45) is 0 Å². The maximum absolute atomic E-state index is 12.0. The molecule has 0 saturated heterocycles. The van der Waals surface area contributed by atoms with Gasteiger partial charge in [-0.25, -0.2) is 8.42 Å². The quantitative estimate of drug-likeness (QED) is 0.780. The van der Waals surface area contributed by atoms with Gasteiger partial charge < -0.3 is 5.73 Å². The predicted octanol–water partition coefficient (Wildman–Crippen LogP) is 2.12. The minimum atomic E-state index is -3.43. The number of benzene rings is 1. The maximum atomic E-state index is 12.0. The molecule has 90 valence electrons. The number of nitrogen functional groups attached to an aromatic ring is 1. The molecule has 4 nitrogen and oxygen atoms in total. The van der Waals surface area contributed by atoms with Crippen LogP contribution in [0.1, 0.15) is 26.3 Å². The van der Waals surface area contributed by atoms with E-state index in [1.165, 1.54) is 0 Å². The van der Waals surface area contributed by atoms with Crippen molar-refractivity contribution >= 4 is 21.4 Å². The van der Waals surface area contributed by atoms with Gasteiger partial charge in [-0.15, -0.1) is 0 Å². The van der Waals surface area contributed by atoms with Crippen LogP contribution < -0.4 is 10.5 Å². The van der Waals surface area contributed by atoms with Crippen molar-refractivity contribution in [1.82, 2.24) is 0 Å². The average molecular weight is 242 g/mol. The molecule has 0 aliphatic heterocycles. The number of nitrogens with two attached hydrogens (primary N) is 1. The fourth-order valence-electron chi connectivity index (χ4n) is 1.12. The Morgan fingerprint density at radius 2 is 1.81 bits per heavy atom. The minimum Gasteiger partial charge on any atom is -0.397 e. The van der Waals surface area contributed by atoms with Crippen molar-refractivity contribution in [2.45, 2.75) is 32.4 Å². The molecule has 0 atom stereocenters. The van der Waals surface area contributed by atoms with Gasteiger partial charge in [-0.05, 0) is 39.3 Å². The number of hydrogen-bond donors (Lipinski definition) is 2. The highest BCUT2D eigenvalue weighted by molar-refractivity contribution is 7.94. The number of anilines is 2. The standard InChI is InChI=1S/C11H18N2O2S/c1-8-6-5-7-9(12)10(8)13-16(14,15)11(2,3)4/h5-7,13H,12H2,1-4H3. The van der Waals surface area contributed by atoms with Crippen LogP contribution in [0.3, 0.4) is 0 Å². The van der Waals surface area contributed by atoms with Crippen LogP contribution in [0.2, 0.25) is 0 Å². The fourth-order valence-corrected chi connectivity index (χ4v) is 1.97. The van der Waals surface area contributed by atoms with Crippen LogP contribution in [0, 0.1) is 6.92 Å². The first-order chi connectivity index (χ1) is 7.15. The smallest absolute Gasteiger partial charge is 0.237 e. The Labute approximate surface area is 96.9 Å². The van der Waals surface area contributed by atoms with Gasteiger partial charge in [0.05, 0.1) is 16.1 Å². The zero-order chi connectivity index (χ0) is 12.6. The van der Waals surface area contributed by atoms with Crippen LogP contribution in [0.4, 0.5) is 11.4 Å². The third-order valence-corrected chi connectivity index (χ3v) is 4.43. The molecule has 0 radical (unpaired) electrons. The second-order valence-electron chi connectivity index (χ2n) is 4.76. The molecular weight excluding hydrogens is 224 g/mol. The lowest BCUT2D eigenvalue weighted by molar-refractivity contribution is 0.566. The molecule has 0 bridgehead atoms. The van der Waals surface area contributed by atoms with Crippen molar-refractivity contribution in [3.8, 4) is 0 Å². The average Bonchev–Trinajstić information content (AvgIpc) is 2.10. The van der Waals surface area contributed by atoms with Gasteiger partial charge in [0.2, 0.25) is 10.0 Å². The third kappa shape index (κ3) is 2.47. The van der Waals surface area contributed by atoms with Gasteiger partial charge in [0.1, 0.15) is 0 Å². The second-order valence-corrected chi connectivity index (χ2v) is 7.19. The van der Waals surface area contributed by atoms with Crippen molar-refractivity contribution in [2.75, 3.05) is 10.5 Å². The van der Waals surface area contributed by atoms with E-state index in [4.69, 9.17) is 5.73 Å². The molecule has 0 aromatic heterocycles. The highest BCUT2D eigenvalue weighted by Gasteiger charge is 2.29. The van der Waals surface area contributed by atoms with Crippen molar-refractivity contribution < 1.29 is 8.42 Å². The van der Waals surface area contributed by atoms with Crippen LogP contribution >= 0.6 is 0 Å². The summed E-state index contributed by atoms with van der Waals surface area (Å²) in [6.45, 7) is 6.74. The summed E-state index contributed by atoms with van der Waals surface area (Å²) in [5, 5.41) is 0. The molecule has 0 saturated carbocycles. The van der Waals surface area contributed by atoms with E-state index in [1.54, 1.807) is 32.9 Å². The van der Waals surface area contributed by atoms with Gasteiger partial charge >= 0.3 is 0 Å². The van der Waals surface area contributed by atoms with E-state index in [0.717, 1.165) is 5.56 Å². The van der Waals surface area contributed by atoms with Crippen LogP contribution in [0.5, 0.6) is 0 Å². The topological polar surface area (TPSA) is 72.2 Å². The van der Waals surface area contributed by atoms with Gasteiger partial charge in [-0.1, -0.05) is 12.1 Å². The van der Waals surface area contributed by atoms with Gasteiger partial charge in [0.25, 0.3) is 0 Å². The first-order valence-corrected chi connectivity index (χ1v) is 6.51. The molecule has 1 rings (SSSR count). The van der Waals surface area contributed by atoms with E-state index in [0.29, 0.717) is 11.4 Å². The zero-order valence-electron chi connectivity index (χ0n) is 10.0. The Kier molecular flexibility index (Phi) is 3.19. The van der Waals surface area contributed by atoms with Crippen molar-refractivity contribution in [1.29, 1.82) is 0 Å². The van der Waals surface area contributed by atoms with Gasteiger partial charge in [0, 0.05) is 0 Å². The number of hydrogen-bond acceptors (Lipinski definition) is 3. The molecule has 1 aromatic rings. The van der Waals surface area contributed by atoms with E-state index in [-0.39, 0.29) is 0 Å². The summed E-state index contributed by atoms with van der Waals surface area (Å²) in [6, 6.07) is 5.28. The molecule has 0 fully saturated rings. The highest BCUT2D eigenvalue weighted by Crippen LogP contribution is 2.27. The summed E-state index contributed by atoms with van der Waals surface area (Å²) in [5.41, 5.74) is 7.47. The number of rotatable bonds is 2.